The summed E-state index contributed by atoms with van der Waals surface area (Å²) in [6.07, 6.45) is 2.74. The number of carbonyl (C=O) groups excluding carboxylic acids is 2. The Morgan fingerprint density at radius 2 is 2.38 bits per heavy atom. The van der Waals surface area contributed by atoms with Gasteiger partial charge in [0.25, 0.3) is 5.91 Å². The third-order valence-corrected chi connectivity index (χ3v) is 5.65. The number of hydrogen-bond donors (Lipinski definition) is 0. The van der Waals surface area contributed by atoms with Crippen molar-refractivity contribution in [2.45, 2.75) is 17.7 Å². The first-order valence-electron chi connectivity index (χ1n) is 6.42. The second kappa shape index (κ2) is 4.67. The molecular weight excluding hydrogens is 310 g/mol. The maximum Gasteiger partial charge on any atom is 0.258 e. The molecule has 1 amide bonds. The van der Waals surface area contributed by atoms with Gasteiger partial charge in [0.2, 0.25) is 0 Å². The molecule has 0 aliphatic carbocycles. The molecule has 3 aliphatic heterocycles. The van der Waals surface area contributed by atoms with Gasteiger partial charge in [-0.1, -0.05) is 0 Å². The lowest BCUT2D eigenvalue weighted by molar-refractivity contribution is -0.301. The van der Waals surface area contributed by atoms with E-state index in [1.807, 2.05) is 22.5 Å². The highest BCUT2D eigenvalue weighted by Crippen LogP contribution is 2.44. The molecule has 4 rings (SSSR count). The highest BCUT2D eigenvalue weighted by Gasteiger charge is 2.47. The van der Waals surface area contributed by atoms with Crippen molar-refractivity contribution in [1.82, 2.24) is 14.7 Å². The molecule has 0 bridgehead atoms. The smallest absolute Gasteiger partial charge is 0.258 e. The summed E-state index contributed by atoms with van der Waals surface area (Å²) in [5.41, 5.74) is 2.48. The number of thioether (sulfide) groups is 2. The number of β-lactam (4-membered cyclic amide) rings is 1. The molecule has 4 heterocycles. The fourth-order valence-corrected chi connectivity index (χ4v) is 4.60. The predicted octanol–water partition coefficient (Wildman–Crippen LogP) is 0.0197. The Labute approximate surface area is 128 Å². The number of carboxylic acid groups (broad SMARTS) is 1. The summed E-state index contributed by atoms with van der Waals surface area (Å²) in [6, 6.07) is 2.00. The van der Waals surface area contributed by atoms with Crippen LogP contribution in [0.25, 0.3) is 6.08 Å². The number of carbonyl (C=O) groups is 2. The molecule has 3 aliphatic rings. The summed E-state index contributed by atoms with van der Waals surface area (Å²) < 4.78 is 1.95. The van der Waals surface area contributed by atoms with Gasteiger partial charge in [-0.25, -0.2) is 0 Å². The molecule has 1 fully saturated rings. The number of aromatic nitrogens is 2. The standard InChI is InChI=1S/C13H11N3O3S2/c17-11-9(12-16(11)10(5-21-12)13(18)19)4-7-3-8-1-2-20-6-15(8)14-7/h3-5,12H,1-2,6H2,(H,18,19)/p-1/b9-4-. The van der Waals surface area contributed by atoms with E-state index in [2.05, 4.69) is 5.10 Å². The van der Waals surface area contributed by atoms with E-state index in [4.69, 9.17) is 0 Å². The molecule has 8 heteroatoms. The van der Waals surface area contributed by atoms with E-state index in [9.17, 15) is 14.7 Å². The monoisotopic (exact) mass is 320 g/mol. The quantitative estimate of drug-likeness (QED) is 0.565. The molecule has 1 aromatic rings. The van der Waals surface area contributed by atoms with Crippen LogP contribution in [0.3, 0.4) is 0 Å². The van der Waals surface area contributed by atoms with Crippen molar-refractivity contribution in [1.29, 1.82) is 0 Å². The summed E-state index contributed by atoms with van der Waals surface area (Å²) in [5.74, 6) is 0.339. The first kappa shape index (κ1) is 13.0. The van der Waals surface area contributed by atoms with E-state index in [-0.39, 0.29) is 17.0 Å². The van der Waals surface area contributed by atoms with Crippen LogP contribution in [-0.2, 0) is 21.9 Å². The maximum absolute atomic E-state index is 12.1. The molecule has 0 radical (unpaired) electrons. The molecule has 108 valence electrons. The second-order valence-corrected chi connectivity index (χ2v) is 6.93. The van der Waals surface area contributed by atoms with E-state index >= 15 is 0 Å². The third kappa shape index (κ3) is 1.93. The van der Waals surface area contributed by atoms with Crippen molar-refractivity contribution in [3.8, 4) is 0 Å². The Morgan fingerprint density at radius 3 is 3.14 bits per heavy atom. The molecule has 1 aromatic heterocycles. The zero-order valence-electron chi connectivity index (χ0n) is 10.8. The van der Waals surface area contributed by atoms with Gasteiger partial charge in [-0.3, -0.25) is 14.4 Å². The number of aryl methyl sites for hydroxylation is 1. The average molecular weight is 320 g/mol. The SMILES string of the molecule is O=C([O-])C1=CSC2/C(=C\c3cc4n(n3)CSCC4)C(=O)N12. The molecule has 21 heavy (non-hydrogen) atoms. The van der Waals surface area contributed by atoms with E-state index in [0.717, 1.165) is 23.7 Å². The minimum absolute atomic E-state index is 0.0484. The first-order valence-corrected chi connectivity index (χ1v) is 8.51. The number of amides is 1. The van der Waals surface area contributed by atoms with E-state index in [0.29, 0.717) is 5.57 Å². The highest BCUT2D eigenvalue weighted by molar-refractivity contribution is 8.03. The van der Waals surface area contributed by atoms with Crippen LogP contribution in [0.1, 0.15) is 11.4 Å². The Hall–Kier alpha value is -1.67. The van der Waals surface area contributed by atoms with Gasteiger partial charge >= 0.3 is 0 Å². The summed E-state index contributed by atoms with van der Waals surface area (Å²) in [6.45, 7) is 0. The normalized spacial score (nSPS) is 25.4. The van der Waals surface area contributed by atoms with Crippen molar-refractivity contribution in [2.24, 2.45) is 0 Å². The van der Waals surface area contributed by atoms with Gasteiger partial charge in [0.05, 0.1) is 28.8 Å². The Morgan fingerprint density at radius 1 is 1.52 bits per heavy atom. The van der Waals surface area contributed by atoms with Gasteiger partial charge in [0.15, 0.2) is 0 Å². The highest BCUT2D eigenvalue weighted by atomic mass is 32.2. The van der Waals surface area contributed by atoms with Gasteiger partial charge in [-0.2, -0.15) is 5.10 Å². The largest absolute Gasteiger partial charge is 0.543 e. The minimum atomic E-state index is -1.31. The number of aliphatic carboxylic acids is 1. The van der Waals surface area contributed by atoms with Crippen LogP contribution in [0.15, 0.2) is 22.7 Å². The van der Waals surface area contributed by atoms with Gasteiger partial charge in [0, 0.05) is 11.4 Å². The van der Waals surface area contributed by atoms with Crippen LogP contribution >= 0.6 is 23.5 Å². The zero-order chi connectivity index (χ0) is 14.6. The van der Waals surface area contributed by atoms with Gasteiger partial charge in [-0.05, 0) is 24.0 Å². The summed E-state index contributed by atoms with van der Waals surface area (Å²) in [4.78, 5) is 24.3. The van der Waals surface area contributed by atoms with Crippen molar-refractivity contribution in [2.75, 3.05) is 5.75 Å². The van der Waals surface area contributed by atoms with Gasteiger partial charge in [-0.15, -0.1) is 23.5 Å². The molecule has 0 N–H and O–H groups in total. The van der Waals surface area contributed by atoms with Crippen LogP contribution < -0.4 is 5.11 Å². The average Bonchev–Trinajstić information content (AvgIpc) is 3.05. The molecule has 1 unspecified atom stereocenters. The summed E-state index contributed by atoms with van der Waals surface area (Å²) in [7, 11) is 0. The fraction of sp³-hybridized carbons (Fsp3) is 0.308. The van der Waals surface area contributed by atoms with Crippen LogP contribution in [0, 0.1) is 0 Å². The lowest BCUT2D eigenvalue weighted by Crippen LogP contribution is -2.52. The fourth-order valence-electron chi connectivity index (χ4n) is 2.61. The number of nitrogens with zero attached hydrogens (tertiary/aromatic N) is 3. The summed E-state index contributed by atoms with van der Waals surface area (Å²) >= 11 is 3.14. The van der Waals surface area contributed by atoms with Gasteiger partial charge < -0.3 is 9.90 Å². The maximum atomic E-state index is 12.1. The second-order valence-electron chi connectivity index (χ2n) is 4.90. The lowest BCUT2D eigenvalue weighted by Gasteiger charge is -2.38. The lowest BCUT2D eigenvalue weighted by atomic mass is 10.0. The van der Waals surface area contributed by atoms with Crippen molar-refractivity contribution < 1.29 is 14.7 Å². The number of rotatable bonds is 2. The molecule has 1 saturated heterocycles. The zero-order valence-corrected chi connectivity index (χ0v) is 12.4. The van der Waals surface area contributed by atoms with Crippen molar-refractivity contribution in [3.63, 3.8) is 0 Å². The van der Waals surface area contributed by atoms with Crippen molar-refractivity contribution in [3.05, 3.63) is 34.1 Å². The number of hydrogen-bond acceptors (Lipinski definition) is 6. The van der Waals surface area contributed by atoms with Crippen LogP contribution in [0.2, 0.25) is 0 Å². The minimum Gasteiger partial charge on any atom is -0.543 e. The van der Waals surface area contributed by atoms with Crippen molar-refractivity contribution >= 4 is 41.5 Å². The molecular formula is C13H10N3O3S2-. The number of carboxylic acids is 1. The van der Waals surface area contributed by atoms with Crippen LogP contribution in [0.4, 0.5) is 0 Å². The third-order valence-electron chi connectivity index (χ3n) is 3.65. The Balaban J connectivity index is 1.60. The number of fused-ring (bicyclic) bond motifs is 2. The molecule has 1 atom stereocenters. The molecule has 0 spiro atoms. The van der Waals surface area contributed by atoms with Crippen LogP contribution in [0.5, 0.6) is 0 Å². The topological polar surface area (TPSA) is 78.3 Å². The molecule has 0 aromatic carbocycles. The van der Waals surface area contributed by atoms with E-state index in [1.165, 1.54) is 27.8 Å². The van der Waals surface area contributed by atoms with Gasteiger partial charge in [0.1, 0.15) is 5.37 Å². The Kier molecular flexibility index (Phi) is 2.90. The molecule has 6 nitrogen and oxygen atoms in total. The van der Waals surface area contributed by atoms with E-state index < -0.39 is 5.97 Å². The predicted molar refractivity (Wildman–Crippen MR) is 77.7 cm³/mol. The molecule has 0 saturated carbocycles. The summed E-state index contributed by atoms with van der Waals surface area (Å²) in [5, 5.41) is 16.6. The van der Waals surface area contributed by atoms with Crippen LogP contribution in [-0.4, -0.2) is 37.7 Å². The Bertz CT molecular complexity index is 699. The van der Waals surface area contributed by atoms with E-state index in [1.54, 1.807) is 6.08 Å². The first-order chi connectivity index (χ1) is 10.1.